The molecule has 3 rings (SSSR count). The minimum atomic E-state index is -0.122. The zero-order chi connectivity index (χ0) is 17.8. The summed E-state index contributed by atoms with van der Waals surface area (Å²) in [7, 11) is 0. The Morgan fingerprint density at radius 3 is 2.56 bits per heavy atom. The quantitative estimate of drug-likeness (QED) is 0.734. The maximum atomic E-state index is 12.2. The molecule has 2 aromatic carbocycles. The van der Waals surface area contributed by atoms with Gasteiger partial charge in [0, 0.05) is 23.6 Å². The third-order valence-electron chi connectivity index (χ3n) is 4.26. The van der Waals surface area contributed by atoms with Crippen LogP contribution in [-0.4, -0.2) is 10.9 Å². The molecule has 0 saturated carbocycles. The highest BCUT2D eigenvalue weighted by molar-refractivity contribution is 5.94. The van der Waals surface area contributed by atoms with Crippen LogP contribution in [0, 0.1) is 0 Å². The van der Waals surface area contributed by atoms with Crippen molar-refractivity contribution in [1.29, 1.82) is 0 Å². The second kappa shape index (κ2) is 7.34. The molecule has 4 nitrogen and oxygen atoms in total. The molecular formula is C21H22N2O2. The van der Waals surface area contributed by atoms with Crippen LogP contribution in [0.3, 0.4) is 0 Å². The highest BCUT2D eigenvalue weighted by Crippen LogP contribution is 2.25. The van der Waals surface area contributed by atoms with Gasteiger partial charge >= 0.3 is 0 Å². The fourth-order valence-electron chi connectivity index (χ4n) is 2.97. The van der Waals surface area contributed by atoms with Crippen molar-refractivity contribution < 1.29 is 4.79 Å². The van der Waals surface area contributed by atoms with Crippen molar-refractivity contribution >= 4 is 22.5 Å². The van der Waals surface area contributed by atoms with Crippen molar-refractivity contribution in [3.8, 4) is 0 Å². The van der Waals surface area contributed by atoms with E-state index in [4.69, 9.17) is 0 Å². The lowest BCUT2D eigenvalue weighted by atomic mass is 9.99. The van der Waals surface area contributed by atoms with E-state index in [1.807, 2.05) is 48.5 Å². The van der Waals surface area contributed by atoms with Crippen LogP contribution in [0.2, 0.25) is 0 Å². The second-order valence-electron chi connectivity index (χ2n) is 6.54. The Morgan fingerprint density at radius 1 is 1.08 bits per heavy atom. The number of aromatic amines is 1. The first-order chi connectivity index (χ1) is 12.0. The van der Waals surface area contributed by atoms with E-state index in [9.17, 15) is 9.59 Å². The van der Waals surface area contributed by atoms with E-state index >= 15 is 0 Å². The SMILES string of the molecule is CC(C)c1cc(=O)[nH]c2cc(NC(=O)CCc3ccccc3)ccc12. The predicted octanol–water partition coefficient (Wildman–Crippen LogP) is 4.22. The van der Waals surface area contributed by atoms with Gasteiger partial charge in [0.25, 0.3) is 0 Å². The first-order valence-corrected chi connectivity index (χ1v) is 8.53. The summed E-state index contributed by atoms with van der Waals surface area (Å²) in [4.78, 5) is 26.9. The molecule has 0 saturated heterocycles. The highest BCUT2D eigenvalue weighted by atomic mass is 16.1. The van der Waals surface area contributed by atoms with Gasteiger partial charge < -0.3 is 10.3 Å². The Labute approximate surface area is 146 Å². The van der Waals surface area contributed by atoms with Gasteiger partial charge in [0.1, 0.15) is 0 Å². The molecule has 0 aliphatic rings. The molecule has 1 aromatic heterocycles. The number of anilines is 1. The Kier molecular flexibility index (Phi) is 4.98. The molecule has 0 bridgehead atoms. The van der Waals surface area contributed by atoms with Crippen molar-refractivity contribution in [1.82, 2.24) is 4.98 Å². The number of pyridine rings is 1. The number of fused-ring (bicyclic) bond motifs is 1. The fourth-order valence-corrected chi connectivity index (χ4v) is 2.97. The zero-order valence-electron chi connectivity index (χ0n) is 14.5. The van der Waals surface area contributed by atoms with Gasteiger partial charge in [-0.1, -0.05) is 50.2 Å². The molecule has 0 radical (unpaired) electrons. The summed E-state index contributed by atoms with van der Waals surface area (Å²) in [6, 6.07) is 17.2. The standard InChI is InChI=1S/C21H22N2O2/c1-14(2)18-13-21(25)23-19-12-16(9-10-17(18)19)22-20(24)11-8-15-6-4-3-5-7-15/h3-7,9-10,12-14H,8,11H2,1-2H3,(H,22,24)(H,23,25). The lowest BCUT2D eigenvalue weighted by Crippen LogP contribution is -2.13. The molecule has 0 unspecified atom stereocenters. The minimum absolute atomic E-state index is 0.0365. The van der Waals surface area contributed by atoms with Crippen LogP contribution in [0.4, 0.5) is 5.69 Å². The summed E-state index contributed by atoms with van der Waals surface area (Å²) in [6.07, 6.45) is 1.12. The van der Waals surface area contributed by atoms with Gasteiger partial charge in [0.2, 0.25) is 11.5 Å². The molecule has 4 heteroatoms. The summed E-state index contributed by atoms with van der Waals surface area (Å²) in [5.74, 6) is 0.224. The zero-order valence-corrected chi connectivity index (χ0v) is 14.5. The number of nitrogens with one attached hydrogen (secondary N) is 2. The summed E-state index contributed by atoms with van der Waals surface area (Å²) in [5.41, 5.74) is 3.48. The van der Waals surface area contributed by atoms with Gasteiger partial charge in [0.15, 0.2) is 0 Å². The van der Waals surface area contributed by atoms with Crippen LogP contribution >= 0.6 is 0 Å². The van der Waals surface area contributed by atoms with Gasteiger partial charge in [0.05, 0.1) is 5.52 Å². The third kappa shape index (κ3) is 4.15. The summed E-state index contributed by atoms with van der Waals surface area (Å²) >= 11 is 0. The van der Waals surface area contributed by atoms with Gasteiger partial charge in [-0.15, -0.1) is 0 Å². The average Bonchev–Trinajstić information content (AvgIpc) is 2.59. The Balaban J connectivity index is 1.75. The van der Waals surface area contributed by atoms with Crippen LogP contribution in [-0.2, 0) is 11.2 Å². The Morgan fingerprint density at radius 2 is 1.84 bits per heavy atom. The Hall–Kier alpha value is -2.88. The van der Waals surface area contributed by atoms with E-state index in [2.05, 4.69) is 24.1 Å². The fraction of sp³-hybridized carbons (Fsp3) is 0.238. The lowest BCUT2D eigenvalue weighted by Gasteiger charge is -2.11. The number of H-pyrrole nitrogens is 1. The van der Waals surface area contributed by atoms with Crippen molar-refractivity contribution in [2.75, 3.05) is 5.32 Å². The van der Waals surface area contributed by atoms with Crippen LogP contribution in [0.1, 0.15) is 37.3 Å². The molecule has 2 N–H and O–H groups in total. The maximum Gasteiger partial charge on any atom is 0.248 e. The number of rotatable bonds is 5. The van der Waals surface area contributed by atoms with Gasteiger partial charge in [-0.3, -0.25) is 9.59 Å². The highest BCUT2D eigenvalue weighted by Gasteiger charge is 2.09. The van der Waals surface area contributed by atoms with Crippen molar-refractivity contribution in [2.45, 2.75) is 32.6 Å². The molecule has 0 atom stereocenters. The molecular weight excluding hydrogens is 312 g/mol. The van der Waals surface area contributed by atoms with Crippen molar-refractivity contribution in [3.63, 3.8) is 0 Å². The topological polar surface area (TPSA) is 62.0 Å². The lowest BCUT2D eigenvalue weighted by molar-refractivity contribution is -0.116. The minimum Gasteiger partial charge on any atom is -0.326 e. The second-order valence-corrected chi connectivity index (χ2v) is 6.54. The number of aromatic nitrogens is 1. The molecule has 1 amide bonds. The maximum absolute atomic E-state index is 12.2. The number of carbonyl (C=O) groups excluding carboxylic acids is 1. The average molecular weight is 334 g/mol. The molecule has 0 aliphatic heterocycles. The first-order valence-electron chi connectivity index (χ1n) is 8.53. The number of benzene rings is 2. The van der Waals surface area contributed by atoms with Gasteiger partial charge in [-0.2, -0.15) is 0 Å². The number of amides is 1. The third-order valence-corrected chi connectivity index (χ3v) is 4.26. The van der Waals surface area contributed by atoms with E-state index < -0.39 is 0 Å². The number of hydrogen-bond donors (Lipinski definition) is 2. The summed E-state index contributed by atoms with van der Waals surface area (Å²) in [6.45, 7) is 4.13. The van der Waals surface area contributed by atoms with E-state index in [-0.39, 0.29) is 17.4 Å². The largest absolute Gasteiger partial charge is 0.326 e. The van der Waals surface area contributed by atoms with E-state index in [0.717, 1.165) is 22.0 Å². The molecule has 0 aliphatic carbocycles. The van der Waals surface area contributed by atoms with E-state index in [0.29, 0.717) is 18.5 Å². The molecule has 25 heavy (non-hydrogen) atoms. The molecule has 3 aromatic rings. The van der Waals surface area contributed by atoms with Gasteiger partial charge in [-0.05, 0) is 35.6 Å². The van der Waals surface area contributed by atoms with Crippen molar-refractivity contribution in [3.05, 3.63) is 76.1 Å². The number of carbonyl (C=O) groups is 1. The van der Waals surface area contributed by atoms with Crippen LogP contribution in [0.5, 0.6) is 0 Å². The molecule has 0 spiro atoms. The van der Waals surface area contributed by atoms with E-state index in [1.165, 1.54) is 0 Å². The molecule has 128 valence electrons. The molecule has 0 fully saturated rings. The predicted molar refractivity (Wildman–Crippen MR) is 102 cm³/mol. The van der Waals surface area contributed by atoms with Crippen molar-refractivity contribution in [2.24, 2.45) is 0 Å². The van der Waals surface area contributed by atoms with E-state index in [1.54, 1.807) is 6.07 Å². The summed E-state index contributed by atoms with van der Waals surface area (Å²) < 4.78 is 0. The first kappa shape index (κ1) is 17.0. The smallest absolute Gasteiger partial charge is 0.248 e. The van der Waals surface area contributed by atoms with Gasteiger partial charge in [-0.25, -0.2) is 0 Å². The number of aryl methyl sites for hydroxylation is 1. The number of hydrogen-bond acceptors (Lipinski definition) is 2. The summed E-state index contributed by atoms with van der Waals surface area (Å²) in [5, 5.41) is 3.92. The van der Waals surface area contributed by atoms with Crippen LogP contribution in [0.15, 0.2) is 59.4 Å². The van der Waals surface area contributed by atoms with Crippen LogP contribution < -0.4 is 10.9 Å². The van der Waals surface area contributed by atoms with Crippen LogP contribution in [0.25, 0.3) is 10.9 Å². The normalized spacial score (nSPS) is 11.0. The Bertz CT molecular complexity index is 943. The molecule has 1 heterocycles. The monoisotopic (exact) mass is 334 g/mol.